The average molecular weight is 598 g/mol. The highest BCUT2D eigenvalue weighted by Gasteiger charge is 2.28. The maximum atomic E-state index is 14.3. The van der Waals surface area contributed by atoms with Gasteiger partial charge in [0.1, 0.15) is 12.3 Å². The third-order valence-electron chi connectivity index (χ3n) is 7.07. The lowest BCUT2D eigenvalue weighted by Crippen LogP contribution is -2.27. The van der Waals surface area contributed by atoms with Crippen molar-refractivity contribution in [2.75, 3.05) is 41.3 Å². The van der Waals surface area contributed by atoms with Crippen LogP contribution in [0.5, 0.6) is 28.7 Å². The Bertz CT molecular complexity index is 1860. The van der Waals surface area contributed by atoms with Crippen LogP contribution >= 0.6 is 0 Å². The Morgan fingerprint density at radius 2 is 1.48 bits per heavy atom. The van der Waals surface area contributed by atoms with Crippen molar-refractivity contribution in [3.63, 3.8) is 0 Å². The SMILES string of the molecule is COC(=O)c1c(-c2cc(OC)c(OC)c(OC)c2)c2cc(OCc3cccnc3)c(OC)cc2c(=O)n1-c1ccc(N)cc1. The summed E-state index contributed by atoms with van der Waals surface area (Å²) in [6.07, 6.45) is 3.36. The number of nitrogen functional groups attached to an aromatic ring is 1. The zero-order chi connectivity index (χ0) is 31.4. The Hall–Kier alpha value is -5.71. The molecule has 5 rings (SSSR count). The first-order chi connectivity index (χ1) is 21.3. The lowest BCUT2D eigenvalue weighted by atomic mass is 9.95. The van der Waals surface area contributed by atoms with Crippen molar-refractivity contribution >= 4 is 22.4 Å². The number of rotatable bonds is 10. The fourth-order valence-corrected chi connectivity index (χ4v) is 5.00. The maximum Gasteiger partial charge on any atom is 0.355 e. The van der Waals surface area contributed by atoms with Gasteiger partial charge in [0.15, 0.2) is 23.0 Å². The number of anilines is 1. The number of aromatic nitrogens is 2. The highest BCUT2D eigenvalue weighted by atomic mass is 16.5. The summed E-state index contributed by atoms with van der Waals surface area (Å²) in [5.74, 6) is 0.965. The first-order valence-corrected chi connectivity index (χ1v) is 13.4. The molecule has 11 nitrogen and oxygen atoms in total. The van der Waals surface area contributed by atoms with Gasteiger partial charge in [-0.25, -0.2) is 4.79 Å². The Morgan fingerprint density at radius 3 is 2.05 bits per heavy atom. The van der Waals surface area contributed by atoms with E-state index < -0.39 is 11.5 Å². The molecule has 44 heavy (non-hydrogen) atoms. The lowest BCUT2D eigenvalue weighted by molar-refractivity contribution is 0.0591. The molecule has 0 fully saturated rings. The molecule has 0 radical (unpaired) electrons. The monoisotopic (exact) mass is 597 g/mol. The average Bonchev–Trinajstić information content (AvgIpc) is 3.06. The third-order valence-corrected chi connectivity index (χ3v) is 7.07. The first kappa shape index (κ1) is 29.8. The van der Waals surface area contributed by atoms with Crippen molar-refractivity contribution in [1.29, 1.82) is 0 Å². The molecule has 0 aliphatic heterocycles. The first-order valence-electron chi connectivity index (χ1n) is 13.4. The number of carbonyl (C=O) groups is 1. The second-order valence-electron chi connectivity index (χ2n) is 9.56. The van der Waals surface area contributed by atoms with E-state index in [1.165, 1.54) is 40.1 Å². The van der Waals surface area contributed by atoms with E-state index in [2.05, 4.69) is 4.98 Å². The van der Waals surface area contributed by atoms with E-state index in [4.69, 9.17) is 34.2 Å². The van der Waals surface area contributed by atoms with E-state index in [0.29, 0.717) is 56.6 Å². The molecule has 0 bridgehead atoms. The normalized spacial score (nSPS) is 10.8. The molecule has 226 valence electrons. The van der Waals surface area contributed by atoms with Crippen molar-refractivity contribution in [2.24, 2.45) is 0 Å². The number of nitrogens with two attached hydrogens (primary N) is 1. The van der Waals surface area contributed by atoms with Gasteiger partial charge in [-0.05, 0) is 60.2 Å². The van der Waals surface area contributed by atoms with Crippen molar-refractivity contribution in [2.45, 2.75) is 6.61 Å². The Labute approximate surface area is 253 Å². The molecule has 0 aliphatic carbocycles. The quantitative estimate of drug-likeness (QED) is 0.173. The number of ether oxygens (including phenoxy) is 6. The van der Waals surface area contributed by atoms with Crippen molar-refractivity contribution in [3.05, 3.63) is 94.7 Å². The smallest absolute Gasteiger partial charge is 0.355 e. The largest absolute Gasteiger partial charge is 0.493 e. The van der Waals surface area contributed by atoms with Gasteiger partial charge in [0.25, 0.3) is 5.56 Å². The van der Waals surface area contributed by atoms with E-state index in [1.54, 1.807) is 67.0 Å². The van der Waals surface area contributed by atoms with Crippen molar-refractivity contribution in [3.8, 4) is 45.6 Å². The summed E-state index contributed by atoms with van der Waals surface area (Å²) in [4.78, 5) is 32.1. The number of fused-ring (bicyclic) bond motifs is 1. The summed E-state index contributed by atoms with van der Waals surface area (Å²) in [5, 5.41) is 0.655. The fraction of sp³-hybridized carbons (Fsp3) is 0.182. The van der Waals surface area contributed by atoms with Gasteiger partial charge in [0.05, 0.1) is 40.9 Å². The summed E-state index contributed by atoms with van der Waals surface area (Å²) < 4.78 is 35.1. The predicted molar refractivity (Wildman–Crippen MR) is 166 cm³/mol. The molecule has 0 spiro atoms. The fourth-order valence-electron chi connectivity index (χ4n) is 5.00. The summed E-state index contributed by atoms with van der Waals surface area (Å²) in [7, 11) is 7.21. The second kappa shape index (κ2) is 12.7. The molecule has 2 N–H and O–H groups in total. The Morgan fingerprint density at radius 1 is 0.818 bits per heavy atom. The summed E-state index contributed by atoms with van der Waals surface area (Å²) >= 11 is 0. The number of benzene rings is 3. The number of carbonyl (C=O) groups excluding carboxylic acids is 1. The van der Waals surface area contributed by atoms with Crippen LogP contribution in [0.1, 0.15) is 16.1 Å². The van der Waals surface area contributed by atoms with Crippen LogP contribution in [0, 0.1) is 0 Å². The van der Waals surface area contributed by atoms with Gasteiger partial charge >= 0.3 is 5.97 Å². The van der Waals surface area contributed by atoms with Gasteiger partial charge in [-0.15, -0.1) is 0 Å². The van der Waals surface area contributed by atoms with Gasteiger partial charge in [0, 0.05) is 40.3 Å². The lowest BCUT2D eigenvalue weighted by Gasteiger charge is -2.21. The van der Waals surface area contributed by atoms with Gasteiger partial charge < -0.3 is 34.2 Å². The molecule has 0 atom stereocenters. The number of pyridine rings is 2. The van der Waals surface area contributed by atoms with E-state index in [-0.39, 0.29) is 17.7 Å². The van der Waals surface area contributed by atoms with Crippen LogP contribution in [0.15, 0.2) is 77.9 Å². The van der Waals surface area contributed by atoms with Crippen LogP contribution in [0.2, 0.25) is 0 Å². The van der Waals surface area contributed by atoms with Crippen LogP contribution in [0.3, 0.4) is 0 Å². The molecule has 0 amide bonds. The highest BCUT2D eigenvalue weighted by molar-refractivity contribution is 6.08. The third kappa shape index (κ3) is 5.42. The topological polar surface area (TPSA) is 133 Å². The maximum absolute atomic E-state index is 14.3. The van der Waals surface area contributed by atoms with E-state index >= 15 is 0 Å². The van der Waals surface area contributed by atoms with Gasteiger partial charge in [-0.3, -0.25) is 14.3 Å². The summed E-state index contributed by atoms with van der Waals surface area (Å²) in [5.41, 5.74) is 7.98. The molecule has 0 unspecified atom stereocenters. The molecular formula is C33H31N3O8. The van der Waals surface area contributed by atoms with E-state index in [9.17, 15) is 9.59 Å². The molecule has 0 saturated carbocycles. The van der Waals surface area contributed by atoms with E-state index in [1.807, 2.05) is 6.07 Å². The highest BCUT2D eigenvalue weighted by Crippen LogP contribution is 2.45. The second-order valence-corrected chi connectivity index (χ2v) is 9.56. The van der Waals surface area contributed by atoms with Crippen LogP contribution in [-0.2, 0) is 11.3 Å². The predicted octanol–water partition coefficient (Wildman–Crippen LogP) is 5.03. The molecule has 5 aromatic rings. The minimum atomic E-state index is -0.752. The summed E-state index contributed by atoms with van der Waals surface area (Å²) in [6.45, 7) is 0.182. The van der Waals surface area contributed by atoms with Crippen LogP contribution in [0.25, 0.3) is 27.6 Å². The Balaban J connectivity index is 1.92. The zero-order valence-corrected chi connectivity index (χ0v) is 24.9. The molecule has 0 saturated heterocycles. The standard InChI is InChI=1S/C33H31N3O8/c1-39-25-16-24-23(15-26(25)44-18-19-7-6-12-35-17-19)29(20-13-27(40-2)31(42-4)28(14-20)41-3)30(33(38)43-5)36(32(24)37)22-10-8-21(34)9-11-22/h6-17H,18,34H2,1-5H3. The van der Waals surface area contributed by atoms with Crippen LogP contribution in [0.4, 0.5) is 5.69 Å². The molecule has 2 heterocycles. The molecule has 0 aliphatic rings. The number of methoxy groups -OCH3 is 5. The number of esters is 1. The van der Waals surface area contributed by atoms with Gasteiger partial charge in [0.2, 0.25) is 5.75 Å². The Kier molecular flexibility index (Phi) is 8.56. The minimum absolute atomic E-state index is 0.0348. The van der Waals surface area contributed by atoms with Crippen molar-refractivity contribution < 1.29 is 33.2 Å². The molecular weight excluding hydrogens is 566 g/mol. The number of hydrogen-bond acceptors (Lipinski definition) is 10. The zero-order valence-electron chi connectivity index (χ0n) is 24.9. The van der Waals surface area contributed by atoms with Crippen LogP contribution < -0.4 is 35.0 Å². The summed E-state index contributed by atoms with van der Waals surface area (Å²) in [6, 6.07) is 16.9. The minimum Gasteiger partial charge on any atom is -0.493 e. The van der Waals surface area contributed by atoms with Gasteiger partial charge in [-0.1, -0.05) is 6.07 Å². The molecule has 11 heteroatoms. The molecule has 3 aromatic carbocycles. The molecule has 2 aromatic heterocycles. The number of nitrogens with zero attached hydrogens (tertiary/aromatic N) is 2. The number of hydrogen-bond donors (Lipinski definition) is 1. The van der Waals surface area contributed by atoms with Crippen molar-refractivity contribution in [1.82, 2.24) is 9.55 Å². The van der Waals surface area contributed by atoms with E-state index in [0.717, 1.165) is 5.56 Å². The van der Waals surface area contributed by atoms with Gasteiger partial charge in [-0.2, -0.15) is 0 Å². The van der Waals surface area contributed by atoms with Crippen LogP contribution in [-0.4, -0.2) is 51.1 Å².